The second-order valence-corrected chi connectivity index (χ2v) is 5.43. The molecule has 0 fully saturated rings. The van der Waals surface area contributed by atoms with Gasteiger partial charge in [-0.05, 0) is 18.3 Å². The van der Waals surface area contributed by atoms with Gasteiger partial charge in [-0.15, -0.1) is 0 Å². The van der Waals surface area contributed by atoms with E-state index in [4.69, 9.17) is 0 Å². The first-order valence-electron chi connectivity index (χ1n) is 6.22. The van der Waals surface area contributed by atoms with Gasteiger partial charge in [-0.25, -0.2) is 0 Å². The van der Waals surface area contributed by atoms with Crippen molar-refractivity contribution >= 4 is 5.91 Å². The molecule has 0 bridgehead atoms. The topological polar surface area (TPSA) is 29.1 Å². The lowest BCUT2D eigenvalue weighted by Gasteiger charge is -2.17. The van der Waals surface area contributed by atoms with E-state index in [9.17, 15) is 4.79 Å². The molecule has 0 rings (SSSR count). The van der Waals surface area contributed by atoms with Crippen LogP contribution in [0.1, 0.15) is 66.2 Å². The monoisotopic (exact) mass is 213 g/mol. The number of hydrogen-bond donors (Lipinski definition) is 1. The van der Waals surface area contributed by atoms with E-state index < -0.39 is 0 Å². The quantitative estimate of drug-likeness (QED) is 0.644. The Morgan fingerprint density at radius 3 is 2.20 bits per heavy atom. The Kier molecular flexibility index (Phi) is 7.45. The van der Waals surface area contributed by atoms with E-state index in [1.807, 2.05) is 6.92 Å². The van der Waals surface area contributed by atoms with Crippen molar-refractivity contribution in [3.63, 3.8) is 0 Å². The molecule has 2 heteroatoms. The minimum atomic E-state index is 0.171. The van der Waals surface area contributed by atoms with Gasteiger partial charge in [0.15, 0.2) is 0 Å². The molecule has 15 heavy (non-hydrogen) atoms. The van der Waals surface area contributed by atoms with Crippen molar-refractivity contribution in [2.45, 2.75) is 66.2 Å². The Balaban J connectivity index is 3.16. The van der Waals surface area contributed by atoms with Crippen LogP contribution in [0.3, 0.4) is 0 Å². The fourth-order valence-corrected chi connectivity index (χ4v) is 1.49. The predicted octanol–water partition coefficient (Wildman–Crippen LogP) is 3.51. The molecule has 0 aromatic rings. The van der Waals surface area contributed by atoms with E-state index in [2.05, 4.69) is 26.1 Å². The van der Waals surface area contributed by atoms with Crippen LogP contribution in [0.4, 0.5) is 0 Å². The maximum absolute atomic E-state index is 10.9. The SMILES string of the molecule is CCC(=O)NCCCCCCC(C)(C)C. The summed E-state index contributed by atoms with van der Waals surface area (Å²) >= 11 is 0. The van der Waals surface area contributed by atoms with Crippen LogP contribution in [-0.4, -0.2) is 12.5 Å². The Morgan fingerprint density at radius 1 is 1.07 bits per heavy atom. The van der Waals surface area contributed by atoms with Crippen molar-refractivity contribution in [1.29, 1.82) is 0 Å². The molecule has 0 unspecified atom stereocenters. The van der Waals surface area contributed by atoms with Crippen LogP contribution >= 0.6 is 0 Å². The highest BCUT2D eigenvalue weighted by Crippen LogP contribution is 2.22. The summed E-state index contributed by atoms with van der Waals surface area (Å²) in [5, 5.41) is 2.90. The van der Waals surface area contributed by atoms with Gasteiger partial charge in [0, 0.05) is 13.0 Å². The molecule has 2 nitrogen and oxygen atoms in total. The molecule has 0 heterocycles. The number of unbranched alkanes of at least 4 members (excludes halogenated alkanes) is 3. The second kappa shape index (κ2) is 7.72. The third-order valence-corrected chi connectivity index (χ3v) is 2.50. The second-order valence-electron chi connectivity index (χ2n) is 5.43. The van der Waals surface area contributed by atoms with Crippen LogP contribution in [0, 0.1) is 5.41 Å². The van der Waals surface area contributed by atoms with Crippen molar-refractivity contribution in [2.24, 2.45) is 5.41 Å². The molecule has 1 N–H and O–H groups in total. The van der Waals surface area contributed by atoms with Crippen molar-refractivity contribution in [3.05, 3.63) is 0 Å². The molecule has 0 atom stereocenters. The van der Waals surface area contributed by atoms with Gasteiger partial charge in [-0.2, -0.15) is 0 Å². The van der Waals surface area contributed by atoms with E-state index in [0.717, 1.165) is 13.0 Å². The summed E-state index contributed by atoms with van der Waals surface area (Å²) in [4.78, 5) is 10.9. The van der Waals surface area contributed by atoms with Gasteiger partial charge in [-0.3, -0.25) is 4.79 Å². The van der Waals surface area contributed by atoms with Gasteiger partial charge in [-0.1, -0.05) is 47.0 Å². The first-order valence-corrected chi connectivity index (χ1v) is 6.22. The van der Waals surface area contributed by atoms with E-state index >= 15 is 0 Å². The largest absolute Gasteiger partial charge is 0.356 e. The maximum atomic E-state index is 10.9. The highest BCUT2D eigenvalue weighted by atomic mass is 16.1. The van der Waals surface area contributed by atoms with Crippen molar-refractivity contribution in [1.82, 2.24) is 5.32 Å². The highest BCUT2D eigenvalue weighted by Gasteiger charge is 2.08. The zero-order valence-corrected chi connectivity index (χ0v) is 10.9. The first-order chi connectivity index (χ1) is 6.95. The molecule has 0 aromatic carbocycles. The van der Waals surface area contributed by atoms with Crippen LogP contribution in [0.5, 0.6) is 0 Å². The third kappa shape index (κ3) is 11.4. The van der Waals surface area contributed by atoms with Crippen LogP contribution in [-0.2, 0) is 4.79 Å². The number of nitrogens with one attached hydrogen (secondary N) is 1. The predicted molar refractivity (Wildman–Crippen MR) is 65.8 cm³/mol. The smallest absolute Gasteiger partial charge is 0.219 e. The van der Waals surface area contributed by atoms with Gasteiger partial charge in [0.25, 0.3) is 0 Å². The number of rotatable bonds is 7. The zero-order chi connectivity index (χ0) is 11.7. The fourth-order valence-electron chi connectivity index (χ4n) is 1.49. The van der Waals surface area contributed by atoms with Gasteiger partial charge >= 0.3 is 0 Å². The minimum Gasteiger partial charge on any atom is -0.356 e. The highest BCUT2D eigenvalue weighted by molar-refractivity contribution is 5.75. The lowest BCUT2D eigenvalue weighted by atomic mass is 9.89. The van der Waals surface area contributed by atoms with Crippen molar-refractivity contribution in [3.8, 4) is 0 Å². The standard InChI is InChI=1S/C13H27NO/c1-5-12(15)14-11-9-7-6-8-10-13(2,3)4/h5-11H2,1-4H3,(H,14,15). The number of hydrogen-bond acceptors (Lipinski definition) is 1. The number of carbonyl (C=O) groups is 1. The summed E-state index contributed by atoms with van der Waals surface area (Å²) in [6.45, 7) is 9.60. The third-order valence-electron chi connectivity index (χ3n) is 2.50. The van der Waals surface area contributed by atoms with Crippen molar-refractivity contribution < 1.29 is 4.79 Å². The lowest BCUT2D eigenvalue weighted by Crippen LogP contribution is -2.23. The van der Waals surface area contributed by atoms with Gasteiger partial charge < -0.3 is 5.32 Å². The summed E-state index contributed by atoms with van der Waals surface area (Å²) < 4.78 is 0. The van der Waals surface area contributed by atoms with Crippen LogP contribution in [0.2, 0.25) is 0 Å². The molecule has 90 valence electrons. The average Bonchev–Trinajstić information content (AvgIpc) is 2.14. The normalized spacial score (nSPS) is 11.5. The fraction of sp³-hybridized carbons (Fsp3) is 0.923. The summed E-state index contributed by atoms with van der Waals surface area (Å²) in [7, 11) is 0. The summed E-state index contributed by atoms with van der Waals surface area (Å²) in [6, 6.07) is 0. The Bertz CT molecular complexity index is 170. The maximum Gasteiger partial charge on any atom is 0.219 e. The molecule has 0 aliphatic rings. The minimum absolute atomic E-state index is 0.171. The molecular formula is C13H27NO. The molecule has 1 amide bonds. The summed E-state index contributed by atoms with van der Waals surface area (Å²) in [5.41, 5.74) is 0.469. The lowest BCUT2D eigenvalue weighted by molar-refractivity contribution is -0.120. The summed E-state index contributed by atoms with van der Waals surface area (Å²) in [6.07, 6.45) is 6.86. The van der Waals surface area contributed by atoms with Crippen LogP contribution in [0.15, 0.2) is 0 Å². The van der Waals surface area contributed by atoms with E-state index in [-0.39, 0.29) is 5.91 Å². The van der Waals surface area contributed by atoms with E-state index in [1.54, 1.807) is 0 Å². The molecule has 0 saturated carbocycles. The Morgan fingerprint density at radius 2 is 1.67 bits per heavy atom. The molecule has 0 aromatic heterocycles. The molecule has 0 aliphatic carbocycles. The Hall–Kier alpha value is -0.530. The number of amides is 1. The van der Waals surface area contributed by atoms with Gasteiger partial charge in [0.1, 0.15) is 0 Å². The average molecular weight is 213 g/mol. The Labute approximate surface area is 94.8 Å². The molecule has 0 radical (unpaired) electrons. The van der Waals surface area contributed by atoms with Gasteiger partial charge in [0.2, 0.25) is 5.91 Å². The molecule has 0 saturated heterocycles. The van der Waals surface area contributed by atoms with Crippen molar-refractivity contribution in [2.75, 3.05) is 6.54 Å². The van der Waals surface area contributed by atoms with Crippen LogP contribution < -0.4 is 5.32 Å². The number of carbonyl (C=O) groups excluding carboxylic acids is 1. The zero-order valence-electron chi connectivity index (χ0n) is 10.9. The van der Waals surface area contributed by atoms with E-state index in [1.165, 1.54) is 25.7 Å². The summed E-state index contributed by atoms with van der Waals surface area (Å²) in [5.74, 6) is 0.171. The van der Waals surface area contributed by atoms with Gasteiger partial charge in [0.05, 0.1) is 0 Å². The molecule has 0 spiro atoms. The van der Waals surface area contributed by atoms with Crippen LogP contribution in [0.25, 0.3) is 0 Å². The molecule has 0 aliphatic heterocycles. The first kappa shape index (κ1) is 14.5. The van der Waals surface area contributed by atoms with E-state index in [0.29, 0.717) is 11.8 Å². The molecular weight excluding hydrogens is 186 g/mol.